The van der Waals surface area contributed by atoms with Crippen LogP contribution in [-0.4, -0.2) is 19.9 Å². The molecule has 0 saturated carbocycles. The lowest BCUT2D eigenvalue weighted by Crippen LogP contribution is -2.10. The Morgan fingerprint density at radius 3 is 1.24 bits per heavy atom. The van der Waals surface area contributed by atoms with Crippen LogP contribution >= 0.6 is 0 Å². The number of rotatable bonds is 1. The van der Waals surface area contributed by atoms with Crippen molar-refractivity contribution in [2.45, 2.75) is 19.1 Å². The van der Waals surface area contributed by atoms with Crippen molar-refractivity contribution in [2.75, 3.05) is 6.26 Å². The fourth-order valence-corrected chi connectivity index (χ4v) is 1.13. The molecule has 0 saturated heterocycles. The van der Waals surface area contributed by atoms with E-state index in [0.717, 1.165) is 0 Å². The molecule has 2 rings (SSSR count). The molecule has 17 heavy (non-hydrogen) atoms. The van der Waals surface area contributed by atoms with Gasteiger partial charge < -0.3 is 0 Å². The van der Waals surface area contributed by atoms with E-state index in [1.807, 2.05) is 0 Å². The zero-order valence-electron chi connectivity index (χ0n) is 10.4. The first kappa shape index (κ1) is 13.7. The molecule has 0 atom stereocenters. The topological polar surface area (TPSA) is 34.1 Å². The molecule has 0 radical (unpaired) electrons. The van der Waals surface area contributed by atoms with E-state index in [9.17, 15) is 8.42 Å². The highest BCUT2D eigenvalue weighted by atomic mass is 32.2. The second-order valence-corrected chi connectivity index (χ2v) is 6.83. The Balaban J connectivity index is 0.000000185. The van der Waals surface area contributed by atoms with Gasteiger partial charge in [0.1, 0.15) is 9.84 Å². The number of benzene rings is 2. The molecule has 0 amide bonds. The zero-order valence-corrected chi connectivity index (χ0v) is 11.2. The molecule has 2 aromatic rings. The van der Waals surface area contributed by atoms with Crippen molar-refractivity contribution in [3.63, 3.8) is 0 Å². The third-order valence-corrected chi connectivity index (χ3v) is 4.23. The molecule has 0 N–H and O–H groups in total. The van der Waals surface area contributed by atoms with Gasteiger partial charge in [0.05, 0.1) is 5.25 Å². The predicted octanol–water partition coefficient (Wildman–Crippen LogP) is 3.28. The largest absolute Gasteiger partial charge is 0.229 e. The Labute approximate surface area is 103 Å². The summed E-state index contributed by atoms with van der Waals surface area (Å²) >= 11 is 0. The van der Waals surface area contributed by atoms with Gasteiger partial charge in [-0.3, -0.25) is 0 Å². The van der Waals surface area contributed by atoms with Crippen molar-refractivity contribution in [3.05, 3.63) is 48.5 Å². The van der Waals surface area contributed by atoms with Crippen LogP contribution in [0.15, 0.2) is 48.5 Å². The molecule has 0 spiro atoms. The summed E-state index contributed by atoms with van der Waals surface area (Å²) in [5, 5.41) is 2.39. The first-order valence-corrected chi connectivity index (χ1v) is 7.49. The van der Waals surface area contributed by atoms with Crippen molar-refractivity contribution in [1.29, 1.82) is 0 Å². The van der Waals surface area contributed by atoms with E-state index in [4.69, 9.17) is 0 Å². The lowest BCUT2D eigenvalue weighted by molar-refractivity contribution is 0.593. The highest BCUT2D eigenvalue weighted by Crippen LogP contribution is 2.11. The fraction of sp³-hybridized carbons (Fsp3) is 0.286. The van der Waals surface area contributed by atoms with Gasteiger partial charge >= 0.3 is 0 Å². The van der Waals surface area contributed by atoms with Crippen LogP contribution < -0.4 is 0 Å². The quantitative estimate of drug-likeness (QED) is 0.778. The maximum absolute atomic E-state index is 10.3. The van der Waals surface area contributed by atoms with Crippen molar-refractivity contribution in [1.82, 2.24) is 0 Å². The second kappa shape index (κ2) is 5.82. The molecule has 3 heteroatoms. The lowest BCUT2D eigenvalue weighted by atomic mass is 10.1. The third-order valence-electron chi connectivity index (χ3n) is 2.51. The van der Waals surface area contributed by atoms with E-state index in [2.05, 4.69) is 48.5 Å². The summed E-state index contributed by atoms with van der Waals surface area (Å²) < 4.78 is 20.7. The van der Waals surface area contributed by atoms with E-state index in [-0.39, 0.29) is 5.25 Å². The van der Waals surface area contributed by atoms with Crippen LogP contribution in [0.2, 0.25) is 0 Å². The summed E-state index contributed by atoms with van der Waals surface area (Å²) in [5.41, 5.74) is 0. The molecule has 0 fully saturated rings. The highest BCUT2D eigenvalue weighted by Gasteiger charge is 2.05. The molecule has 0 aromatic heterocycles. The molecular weight excluding hydrogens is 232 g/mol. The van der Waals surface area contributed by atoms with Gasteiger partial charge in [0.2, 0.25) is 0 Å². The third kappa shape index (κ3) is 4.57. The molecule has 0 aliphatic carbocycles. The predicted molar refractivity (Wildman–Crippen MR) is 73.9 cm³/mol. The number of hydrogen-bond acceptors (Lipinski definition) is 2. The van der Waals surface area contributed by atoms with Crippen LogP contribution in [0.1, 0.15) is 13.8 Å². The maximum Gasteiger partial charge on any atom is 0.149 e. The minimum Gasteiger partial charge on any atom is -0.229 e. The summed E-state index contributed by atoms with van der Waals surface area (Å²) in [5.74, 6) is 0. The Hall–Kier alpha value is -1.35. The van der Waals surface area contributed by atoms with E-state index in [1.54, 1.807) is 13.8 Å². The molecule has 0 aliphatic rings. The van der Waals surface area contributed by atoms with Crippen molar-refractivity contribution in [3.8, 4) is 0 Å². The van der Waals surface area contributed by atoms with E-state index in [0.29, 0.717) is 0 Å². The average molecular weight is 250 g/mol. The van der Waals surface area contributed by atoms with Gasteiger partial charge in [0.25, 0.3) is 0 Å². The standard InChI is InChI=1S/C10H8.C4H10O2S/c1-2-6-10-8-4-3-7-9(10)5-1;1-4(2)7(3,5)6/h1-8H;4H,1-3H3. The van der Waals surface area contributed by atoms with E-state index in [1.165, 1.54) is 17.0 Å². The van der Waals surface area contributed by atoms with Gasteiger partial charge in [-0.15, -0.1) is 0 Å². The van der Waals surface area contributed by atoms with Gasteiger partial charge in [-0.2, -0.15) is 0 Å². The first-order chi connectivity index (χ1) is 7.91. The molecule has 0 heterocycles. The van der Waals surface area contributed by atoms with E-state index < -0.39 is 9.84 Å². The summed E-state index contributed by atoms with van der Waals surface area (Å²) in [7, 11) is -2.74. The molecule has 0 bridgehead atoms. The number of hydrogen-bond donors (Lipinski definition) is 0. The average Bonchev–Trinajstić information content (AvgIpc) is 2.29. The Bertz CT molecular complexity index is 506. The Morgan fingerprint density at radius 1 is 0.824 bits per heavy atom. The fourth-order valence-electron chi connectivity index (χ4n) is 1.13. The smallest absolute Gasteiger partial charge is 0.149 e. The van der Waals surface area contributed by atoms with Crippen molar-refractivity contribution in [2.24, 2.45) is 0 Å². The normalized spacial score (nSPS) is 11.1. The SMILES string of the molecule is CC(C)S(C)(=O)=O.c1ccc2ccccc2c1. The van der Waals surface area contributed by atoms with Gasteiger partial charge in [-0.25, -0.2) is 8.42 Å². The van der Waals surface area contributed by atoms with Crippen LogP contribution in [0.5, 0.6) is 0 Å². The summed E-state index contributed by atoms with van der Waals surface area (Å²) in [6.07, 6.45) is 1.23. The van der Waals surface area contributed by atoms with E-state index >= 15 is 0 Å². The van der Waals surface area contributed by atoms with Crippen LogP contribution in [0.4, 0.5) is 0 Å². The van der Waals surface area contributed by atoms with Crippen LogP contribution in [0.25, 0.3) is 10.8 Å². The minimum absolute atomic E-state index is 0.229. The van der Waals surface area contributed by atoms with Crippen LogP contribution in [-0.2, 0) is 9.84 Å². The number of fused-ring (bicyclic) bond motifs is 1. The second-order valence-electron chi connectivity index (χ2n) is 4.23. The van der Waals surface area contributed by atoms with Gasteiger partial charge in [-0.05, 0) is 24.6 Å². The summed E-state index contributed by atoms with van der Waals surface area (Å²) in [4.78, 5) is 0. The van der Waals surface area contributed by atoms with Crippen molar-refractivity contribution >= 4 is 20.6 Å². The summed E-state index contributed by atoms with van der Waals surface area (Å²) in [6.45, 7) is 3.32. The molecule has 92 valence electrons. The monoisotopic (exact) mass is 250 g/mol. The highest BCUT2D eigenvalue weighted by molar-refractivity contribution is 7.91. The summed E-state index contributed by atoms with van der Waals surface area (Å²) in [6, 6.07) is 16.7. The molecule has 0 unspecified atom stereocenters. The van der Waals surface area contributed by atoms with Gasteiger partial charge in [0.15, 0.2) is 0 Å². The minimum atomic E-state index is -2.74. The number of sulfone groups is 1. The van der Waals surface area contributed by atoms with Gasteiger partial charge in [0, 0.05) is 6.26 Å². The molecule has 0 aliphatic heterocycles. The lowest BCUT2D eigenvalue weighted by Gasteiger charge is -1.96. The Morgan fingerprint density at radius 2 is 1.06 bits per heavy atom. The first-order valence-electron chi connectivity index (χ1n) is 5.54. The van der Waals surface area contributed by atoms with Crippen LogP contribution in [0, 0.1) is 0 Å². The van der Waals surface area contributed by atoms with Gasteiger partial charge in [-0.1, -0.05) is 48.5 Å². The van der Waals surface area contributed by atoms with Crippen LogP contribution in [0.3, 0.4) is 0 Å². The molecular formula is C14H18O2S. The Kier molecular flexibility index (Phi) is 4.70. The molecule has 2 aromatic carbocycles. The maximum atomic E-state index is 10.3. The van der Waals surface area contributed by atoms with Crippen molar-refractivity contribution < 1.29 is 8.42 Å². The zero-order chi connectivity index (χ0) is 12.9. The molecule has 2 nitrogen and oxygen atoms in total.